The fourth-order valence-electron chi connectivity index (χ4n) is 2.44. The molecule has 0 unspecified atom stereocenters. The quantitative estimate of drug-likeness (QED) is 0.612. The van der Waals surface area contributed by atoms with Crippen LogP contribution in [0.5, 0.6) is 0 Å². The zero-order valence-corrected chi connectivity index (χ0v) is 15.2. The third kappa shape index (κ3) is 4.94. The second kappa shape index (κ2) is 8.49. The maximum atomic E-state index is 12.3. The van der Waals surface area contributed by atoms with Crippen molar-refractivity contribution in [2.45, 2.75) is 31.8 Å². The fraction of sp³-hybridized carbons (Fsp3) is 0.333. The smallest absolute Gasteiger partial charge is 0.346 e. The molecule has 0 radical (unpaired) electrons. The highest BCUT2D eigenvalue weighted by molar-refractivity contribution is 8.00. The highest BCUT2D eigenvalue weighted by Gasteiger charge is 2.19. The third-order valence-electron chi connectivity index (χ3n) is 3.68. The van der Waals surface area contributed by atoms with E-state index in [1.165, 1.54) is 0 Å². The monoisotopic (exact) mass is 356 g/mol. The molecule has 7 heteroatoms. The van der Waals surface area contributed by atoms with Crippen molar-refractivity contribution >= 4 is 17.7 Å². The Hall–Kier alpha value is -2.59. The summed E-state index contributed by atoms with van der Waals surface area (Å²) in [5.41, 5.74) is 1.26. The second-order valence-electron chi connectivity index (χ2n) is 5.95. The Kier molecular flexibility index (Phi) is 6.37. The molecule has 25 heavy (non-hydrogen) atoms. The van der Waals surface area contributed by atoms with Gasteiger partial charge in [-0.1, -0.05) is 55.9 Å². The van der Waals surface area contributed by atoms with Crippen molar-refractivity contribution in [1.82, 2.24) is 15.3 Å². The van der Waals surface area contributed by atoms with Crippen LogP contribution < -0.4 is 11.0 Å². The van der Waals surface area contributed by atoms with E-state index in [9.17, 15) is 14.9 Å². The standard InChI is InChI=1S/C18H20N4O2S/c1-11(2)16(13-7-5-4-6-8-13)21-15(23)10-25-17-14(9-19)12(3)20-18(24)22-17/h4-8,11,16H,10H2,1-3H3,(H,21,23)(H,20,22,24)/t16-/m0/s1. The van der Waals surface area contributed by atoms with Gasteiger partial charge in [0.2, 0.25) is 5.91 Å². The molecular weight excluding hydrogens is 336 g/mol. The van der Waals surface area contributed by atoms with Gasteiger partial charge >= 0.3 is 5.69 Å². The Morgan fingerprint density at radius 3 is 2.64 bits per heavy atom. The normalized spacial score (nSPS) is 11.8. The fourth-order valence-corrected chi connectivity index (χ4v) is 3.28. The summed E-state index contributed by atoms with van der Waals surface area (Å²) in [7, 11) is 0. The van der Waals surface area contributed by atoms with Crippen LogP contribution >= 0.6 is 11.8 Å². The number of carbonyl (C=O) groups is 1. The first kappa shape index (κ1) is 18.7. The van der Waals surface area contributed by atoms with Crippen LogP contribution in [0, 0.1) is 24.2 Å². The van der Waals surface area contributed by atoms with E-state index in [2.05, 4.69) is 15.3 Å². The van der Waals surface area contributed by atoms with Crippen LogP contribution in [0.15, 0.2) is 40.2 Å². The molecule has 0 bridgehead atoms. The summed E-state index contributed by atoms with van der Waals surface area (Å²) in [6.45, 7) is 5.72. The van der Waals surface area contributed by atoms with Crippen molar-refractivity contribution in [1.29, 1.82) is 5.26 Å². The molecule has 0 spiro atoms. The van der Waals surface area contributed by atoms with E-state index in [0.717, 1.165) is 17.3 Å². The first-order valence-electron chi connectivity index (χ1n) is 7.90. The van der Waals surface area contributed by atoms with Crippen molar-refractivity contribution < 1.29 is 4.79 Å². The molecule has 1 heterocycles. The summed E-state index contributed by atoms with van der Waals surface area (Å²) in [6.07, 6.45) is 0. The van der Waals surface area contributed by atoms with Gasteiger partial charge < -0.3 is 10.3 Å². The minimum Gasteiger partial charge on any atom is -0.348 e. The minimum absolute atomic E-state index is 0.0840. The Morgan fingerprint density at radius 2 is 2.04 bits per heavy atom. The van der Waals surface area contributed by atoms with E-state index in [1.807, 2.05) is 50.2 Å². The Morgan fingerprint density at radius 1 is 1.36 bits per heavy atom. The van der Waals surface area contributed by atoms with Gasteiger partial charge in [-0.15, -0.1) is 0 Å². The number of nitrogens with zero attached hydrogens (tertiary/aromatic N) is 2. The number of amides is 1. The number of hydrogen-bond donors (Lipinski definition) is 2. The van der Waals surface area contributed by atoms with Crippen molar-refractivity contribution in [3.8, 4) is 6.07 Å². The van der Waals surface area contributed by atoms with Gasteiger partial charge in [0.1, 0.15) is 16.7 Å². The predicted molar refractivity (Wildman–Crippen MR) is 97.2 cm³/mol. The molecule has 0 aliphatic heterocycles. The summed E-state index contributed by atoms with van der Waals surface area (Å²) in [5, 5.41) is 12.5. The van der Waals surface area contributed by atoms with Crippen molar-refractivity contribution in [3.05, 3.63) is 57.6 Å². The largest absolute Gasteiger partial charge is 0.348 e. The zero-order chi connectivity index (χ0) is 18.4. The lowest BCUT2D eigenvalue weighted by atomic mass is 9.96. The van der Waals surface area contributed by atoms with E-state index >= 15 is 0 Å². The van der Waals surface area contributed by atoms with Crippen LogP contribution in [0.4, 0.5) is 0 Å². The number of aromatic nitrogens is 2. The molecule has 0 aliphatic rings. The molecule has 0 aliphatic carbocycles. The van der Waals surface area contributed by atoms with Crippen molar-refractivity contribution in [2.24, 2.45) is 5.92 Å². The Labute approximate surface area is 150 Å². The highest BCUT2D eigenvalue weighted by Crippen LogP contribution is 2.23. The van der Waals surface area contributed by atoms with Crippen LogP contribution in [0.1, 0.15) is 36.7 Å². The first-order valence-corrected chi connectivity index (χ1v) is 8.89. The van der Waals surface area contributed by atoms with E-state index in [0.29, 0.717) is 11.3 Å². The molecule has 130 valence electrons. The average molecular weight is 356 g/mol. The number of aryl methyl sites for hydroxylation is 1. The van der Waals surface area contributed by atoms with E-state index < -0.39 is 5.69 Å². The molecule has 0 saturated carbocycles. The molecule has 6 nitrogen and oxygen atoms in total. The van der Waals surface area contributed by atoms with Gasteiger partial charge in [0, 0.05) is 5.69 Å². The number of aromatic amines is 1. The molecule has 1 aromatic heterocycles. The van der Waals surface area contributed by atoms with Crippen LogP contribution in [0.3, 0.4) is 0 Å². The van der Waals surface area contributed by atoms with Gasteiger partial charge in [-0.05, 0) is 18.4 Å². The number of carbonyl (C=O) groups excluding carboxylic acids is 1. The molecule has 1 atom stereocenters. The molecule has 0 saturated heterocycles. The van der Waals surface area contributed by atoms with Crippen LogP contribution in [-0.4, -0.2) is 21.6 Å². The van der Waals surface area contributed by atoms with Crippen LogP contribution in [0.25, 0.3) is 0 Å². The predicted octanol–water partition coefficient (Wildman–Crippen LogP) is 2.56. The van der Waals surface area contributed by atoms with Gasteiger partial charge in [-0.25, -0.2) is 4.79 Å². The average Bonchev–Trinajstić information content (AvgIpc) is 2.58. The zero-order valence-electron chi connectivity index (χ0n) is 14.4. The number of benzene rings is 1. The summed E-state index contributed by atoms with van der Waals surface area (Å²) < 4.78 is 0. The minimum atomic E-state index is -0.524. The van der Waals surface area contributed by atoms with Crippen molar-refractivity contribution in [3.63, 3.8) is 0 Å². The Balaban J connectivity index is 2.08. The van der Waals surface area contributed by atoms with Crippen LogP contribution in [-0.2, 0) is 4.79 Å². The molecule has 2 aromatic rings. The summed E-state index contributed by atoms with van der Waals surface area (Å²) in [6, 6.07) is 11.7. The lowest BCUT2D eigenvalue weighted by molar-refractivity contribution is -0.119. The van der Waals surface area contributed by atoms with Gasteiger partial charge in [0.05, 0.1) is 11.8 Å². The number of rotatable bonds is 6. The third-order valence-corrected chi connectivity index (χ3v) is 4.66. The van der Waals surface area contributed by atoms with Gasteiger partial charge in [-0.2, -0.15) is 10.2 Å². The lowest BCUT2D eigenvalue weighted by Gasteiger charge is -2.22. The number of H-pyrrole nitrogens is 1. The molecule has 0 fully saturated rings. The van der Waals surface area contributed by atoms with E-state index in [1.54, 1.807) is 6.92 Å². The number of nitrogens with one attached hydrogen (secondary N) is 2. The SMILES string of the molecule is Cc1[nH]c(=O)nc(SCC(=O)N[C@H](c2ccccc2)C(C)C)c1C#N. The maximum absolute atomic E-state index is 12.3. The molecule has 2 rings (SSSR count). The van der Waals surface area contributed by atoms with E-state index in [-0.39, 0.29) is 28.6 Å². The lowest BCUT2D eigenvalue weighted by Crippen LogP contribution is -2.33. The van der Waals surface area contributed by atoms with E-state index in [4.69, 9.17) is 0 Å². The summed E-state index contributed by atoms with van der Waals surface area (Å²) >= 11 is 1.09. The maximum Gasteiger partial charge on any atom is 0.346 e. The number of hydrogen-bond acceptors (Lipinski definition) is 5. The highest BCUT2D eigenvalue weighted by atomic mass is 32.2. The number of nitriles is 1. The Bertz CT molecular complexity index is 840. The molecular formula is C18H20N4O2S. The topological polar surface area (TPSA) is 98.6 Å². The van der Waals surface area contributed by atoms with Crippen LogP contribution in [0.2, 0.25) is 0 Å². The summed E-state index contributed by atoms with van der Waals surface area (Å²) in [5.74, 6) is 0.141. The van der Waals surface area contributed by atoms with Gasteiger partial charge in [0.25, 0.3) is 0 Å². The summed E-state index contributed by atoms with van der Waals surface area (Å²) in [4.78, 5) is 30.1. The molecule has 1 amide bonds. The first-order chi connectivity index (χ1) is 11.9. The van der Waals surface area contributed by atoms with Crippen molar-refractivity contribution in [2.75, 3.05) is 5.75 Å². The molecule has 1 aromatic carbocycles. The molecule has 2 N–H and O–H groups in total. The second-order valence-corrected chi connectivity index (χ2v) is 6.91. The number of thioether (sulfide) groups is 1. The van der Waals surface area contributed by atoms with Gasteiger partial charge in [-0.3, -0.25) is 4.79 Å². The van der Waals surface area contributed by atoms with Gasteiger partial charge in [0.15, 0.2) is 0 Å².